The fraction of sp³-hybridized carbons (Fsp3) is 0.458. The van der Waals surface area contributed by atoms with Crippen LogP contribution in [0.25, 0.3) is 0 Å². The van der Waals surface area contributed by atoms with Gasteiger partial charge in [-0.05, 0) is 67.4 Å². The van der Waals surface area contributed by atoms with Gasteiger partial charge in [0, 0.05) is 26.2 Å². The molecule has 0 aliphatic carbocycles. The fourth-order valence-corrected chi connectivity index (χ4v) is 4.31. The highest BCUT2D eigenvalue weighted by molar-refractivity contribution is 5.74. The molecule has 1 fully saturated rings. The first-order valence-corrected chi connectivity index (χ1v) is 10.7. The zero-order valence-electron chi connectivity index (χ0n) is 16.7. The van der Waals surface area contributed by atoms with Gasteiger partial charge in [-0.15, -0.1) is 0 Å². The molecule has 0 saturated carbocycles. The van der Waals surface area contributed by atoms with Gasteiger partial charge in [-0.1, -0.05) is 48.5 Å². The van der Waals surface area contributed by atoms with E-state index in [9.17, 15) is 4.79 Å². The number of carbonyl (C=O) groups is 1. The lowest BCUT2D eigenvalue weighted by atomic mass is 10.0. The molecule has 2 aromatic rings. The van der Waals surface area contributed by atoms with E-state index in [4.69, 9.17) is 0 Å². The molecule has 0 radical (unpaired) electrons. The minimum Gasteiger partial charge on any atom is -0.338 e. The summed E-state index contributed by atoms with van der Waals surface area (Å²) in [6.45, 7) is 5.81. The Hall–Kier alpha value is -2.33. The summed E-state index contributed by atoms with van der Waals surface area (Å²) in [6.07, 6.45) is 5.44. The molecule has 0 unspecified atom stereocenters. The van der Waals surface area contributed by atoms with Crippen LogP contribution in [0, 0.1) is 0 Å². The molecule has 0 bridgehead atoms. The molecule has 0 spiro atoms. The van der Waals surface area contributed by atoms with Gasteiger partial charge in [0.1, 0.15) is 0 Å². The highest BCUT2D eigenvalue weighted by Gasteiger charge is 2.17. The number of hydrogen-bond acceptors (Lipinski definition) is 2. The van der Waals surface area contributed by atoms with Gasteiger partial charge in [-0.25, -0.2) is 4.79 Å². The second kappa shape index (κ2) is 9.24. The van der Waals surface area contributed by atoms with Crippen molar-refractivity contribution in [3.05, 3.63) is 70.8 Å². The van der Waals surface area contributed by atoms with Gasteiger partial charge in [0.25, 0.3) is 0 Å². The molecular weight excluding hydrogens is 346 g/mol. The lowest BCUT2D eigenvalue weighted by molar-refractivity contribution is 0.200. The quantitative estimate of drug-likeness (QED) is 0.864. The Balaban J connectivity index is 1.21. The van der Waals surface area contributed by atoms with Crippen molar-refractivity contribution < 1.29 is 4.79 Å². The summed E-state index contributed by atoms with van der Waals surface area (Å²) < 4.78 is 0. The summed E-state index contributed by atoms with van der Waals surface area (Å²) in [5.41, 5.74) is 5.44. The van der Waals surface area contributed by atoms with Gasteiger partial charge >= 0.3 is 6.03 Å². The second-order valence-electron chi connectivity index (χ2n) is 8.04. The molecule has 1 N–H and O–H groups in total. The number of nitrogens with zero attached hydrogens (tertiary/aromatic N) is 2. The maximum atomic E-state index is 12.5. The third kappa shape index (κ3) is 4.93. The van der Waals surface area contributed by atoms with E-state index in [1.807, 2.05) is 4.90 Å². The Morgan fingerprint density at radius 2 is 1.43 bits per heavy atom. The number of carbonyl (C=O) groups excluding carboxylic acids is 1. The topological polar surface area (TPSA) is 35.6 Å². The number of urea groups is 1. The number of benzene rings is 2. The predicted molar refractivity (Wildman–Crippen MR) is 113 cm³/mol. The smallest absolute Gasteiger partial charge is 0.317 e. The Bertz CT molecular complexity index is 754. The zero-order valence-corrected chi connectivity index (χ0v) is 16.7. The van der Waals surface area contributed by atoms with Crippen LogP contribution in [0.2, 0.25) is 0 Å². The SMILES string of the molecule is O=C(NCCc1ccc(CN2CCCC2)cc1)N1CCc2ccccc2CC1. The molecule has 4 rings (SSSR count). The molecule has 2 aromatic carbocycles. The van der Waals surface area contributed by atoms with Gasteiger partial charge in [-0.2, -0.15) is 0 Å². The first kappa shape index (κ1) is 19.0. The van der Waals surface area contributed by atoms with Crippen LogP contribution < -0.4 is 5.32 Å². The summed E-state index contributed by atoms with van der Waals surface area (Å²) in [5.74, 6) is 0. The summed E-state index contributed by atoms with van der Waals surface area (Å²) in [5, 5.41) is 3.11. The van der Waals surface area contributed by atoms with Crippen LogP contribution in [0.1, 0.15) is 35.1 Å². The van der Waals surface area contributed by atoms with E-state index in [1.54, 1.807) is 0 Å². The maximum absolute atomic E-state index is 12.5. The Morgan fingerprint density at radius 1 is 0.821 bits per heavy atom. The molecule has 2 amide bonds. The minimum atomic E-state index is 0.0680. The predicted octanol–water partition coefficient (Wildman–Crippen LogP) is 3.64. The molecule has 148 valence electrons. The van der Waals surface area contributed by atoms with E-state index >= 15 is 0 Å². The molecule has 0 aromatic heterocycles. The summed E-state index contributed by atoms with van der Waals surface area (Å²) >= 11 is 0. The van der Waals surface area contributed by atoms with E-state index in [0.717, 1.165) is 38.9 Å². The van der Waals surface area contributed by atoms with Crippen molar-refractivity contribution in [1.29, 1.82) is 0 Å². The zero-order chi connectivity index (χ0) is 19.2. The van der Waals surface area contributed by atoms with Gasteiger partial charge in [-0.3, -0.25) is 4.90 Å². The van der Waals surface area contributed by atoms with Crippen LogP contribution in [0.15, 0.2) is 48.5 Å². The van der Waals surface area contributed by atoms with Crippen molar-refractivity contribution in [2.24, 2.45) is 0 Å². The normalized spacial score (nSPS) is 17.2. The summed E-state index contributed by atoms with van der Waals surface area (Å²) in [6, 6.07) is 17.5. The van der Waals surface area contributed by atoms with E-state index in [-0.39, 0.29) is 6.03 Å². The first-order valence-electron chi connectivity index (χ1n) is 10.7. The highest BCUT2D eigenvalue weighted by atomic mass is 16.2. The average molecular weight is 378 g/mol. The number of fused-ring (bicyclic) bond motifs is 1. The molecule has 2 aliphatic heterocycles. The van der Waals surface area contributed by atoms with E-state index < -0.39 is 0 Å². The van der Waals surface area contributed by atoms with Crippen LogP contribution >= 0.6 is 0 Å². The Labute approximate surface area is 168 Å². The van der Waals surface area contributed by atoms with Crippen LogP contribution in [0.4, 0.5) is 4.79 Å². The number of hydrogen-bond donors (Lipinski definition) is 1. The van der Waals surface area contributed by atoms with E-state index in [1.165, 1.54) is 48.2 Å². The molecule has 4 nitrogen and oxygen atoms in total. The van der Waals surface area contributed by atoms with Crippen molar-refractivity contribution in [3.63, 3.8) is 0 Å². The Morgan fingerprint density at radius 3 is 2.07 bits per heavy atom. The van der Waals surface area contributed by atoms with Crippen molar-refractivity contribution in [2.75, 3.05) is 32.7 Å². The highest BCUT2D eigenvalue weighted by Crippen LogP contribution is 2.16. The largest absolute Gasteiger partial charge is 0.338 e. The molecular formula is C24H31N3O. The van der Waals surface area contributed by atoms with Gasteiger partial charge in [0.2, 0.25) is 0 Å². The maximum Gasteiger partial charge on any atom is 0.317 e. The molecule has 28 heavy (non-hydrogen) atoms. The number of rotatable bonds is 5. The van der Waals surface area contributed by atoms with Crippen LogP contribution in [0.3, 0.4) is 0 Å². The van der Waals surface area contributed by atoms with Crippen molar-refractivity contribution in [1.82, 2.24) is 15.1 Å². The van der Waals surface area contributed by atoms with Crippen LogP contribution in [-0.2, 0) is 25.8 Å². The summed E-state index contributed by atoms with van der Waals surface area (Å²) in [7, 11) is 0. The molecule has 2 aliphatic rings. The lowest BCUT2D eigenvalue weighted by Crippen LogP contribution is -2.42. The second-order valence-corrected chi connectivity index (χ2v) is 8.04. The standard InChI is InChI=1S/C24H31N3O/c28-24(27-17-12-22-5-1-2-6-23(22)13-18-27)25-14-11-20-7-9-21(10-8-20)19-26-15-3-4-16-26/h1-2,5-10H,3-4,11-19H2,(H,25,28). The van der Waals surface area contributed by atoms with Gasteiger partial charge < -0.3 is 10.2 Å². The summed E-state index contributed by atoms with van der Waals surface area (Å²) in [4.78, 5) is 17.0. The Kier molecular flexibility index (Phi) is 6.27. The minimum absolute atomic E-state index is 0.0680. The average Bonchev–Trinajstić information content (AvgIpc) is 3.13. The molecule has 4 heteroatoms. The van der Waals surface area contributed by atoms with E-state index in [2.05, 4.69) is 58.7 Å². The van der Waals surface area contributed by atoms with Gasteiger partial charge in [0.05, 0.1) is 0 Å². The third-order valence-electron chi connectivity index (χ3n) is 6.03. The molecule has 1 saturated heterocycles. The lowest BCUT2D eigenvalue weighted by Gasteiger charge is -2.21. The van der Waals surface area contributed by atoms with E-state index in [0.29, 0.717) is 6.54 Å². The van der Waals surface area contributed by atoms with Crippen molar-refractivity contribution >= 4 is 6.03 Å². The van der Waals surface area contributed by atoms with Crippen molar-refractivity contribution in [3.8, 4) is 0 Å². The number of nitrogens with one attached hydrogen (secondary N) is 1. The first-order chi connectivity index (χ1) is 13.8. The van der Waals surface area contributed by atoms with Gasteiger partial charge in [0.15, 0.2) is 0 Å². The van der Waals surface area contributed by atoms with Crippen LogP contribution in [0.5, 0.6) is 0 Å². The van der Waals surface area contributed by atoms with Crippen molar-refractivity contribution in [2.45, 2.75) is 38.6 Å². The third-order valence-corrected chi connectivity index (χ3v) is 6.03. The number of amides is 2. The molecule has 2 heterocycles. The fourth-order valence-electron chi connectivity index (χ4n) is 4.31. The number of likely N-dealkylation sites (tertiary alicyclic amines) is 1. The monoisotopic (exact) mass is 377 g/mol. The van der Waals surface area contributed by atoms with Crippen LogP contribution in [-0.4, -0.2) is 48.6 Å². The molecule has 0 atom stereocenters.